The van der Waals surface area contributed by atoms with Crippen LogP contribution in [0.25, 0.3) is 21.4 Å². The summed E-state index contributed by atoms with van der Waals surface area (Å²) in [6, 6.07) is 10.3. The van der Waals surface area contributed by atoms with Gasteiger partial charge in [0.05, 0.1) is 30.4 Å². The van der Waals surface area contributed by atoms with Crippen LogP contribution in [-0.2, 0) is 27.3 Å². The molecule has 3 amide bonds. The van der Waals surface area contributed by atoms with Crippen molar-refractivity contribution < 1.29 is 28.0 Å². The van der Waals surface area contributed by atoms with Crippen molar-refractivity contribution in [2.75, 3.05) is 10.6 Å². The number of pyridine rings is 1. The summed E-state index contributed by atoms with van der Waals surface area (Å²) in [5.41, 5.74) is -0.822. The molecule has 0 radical (unpaired) electrons. The van der Waals surface area contributed by atoms with Crippen LogP contribution < -0.4 is 21.5 Å². The molecular formula is C33H32FN7O6S. The predicted octanol–water partition coefficient (Wildman–Crippen LogP) is 5.54. The molecule has 1 aliphatic heterocycles. The van der Waals surface area contributed by atoms with Gasteiger partial charge in [-0.2, -0.15) is 0 Å². The van der Waals surface area contributed by atoms with E-state index in [1.54, 1.807) is 45.2 Å². The third-order valence-corrected chi connectivity index (χ3v) is 8.58. The number of hydrogen-bond donors (Lipinski definition) is 3. The topological polar surface area (TPSA) is 170 Å². The van der Waals surface area contributed by atoms with E-state index >= 15 is 0 Å². The maximum absolute atomic E-state index is 14.1. The molecule has 4 aromatic heterocycles. The summed E-state index contributed by atoms with van der Waals surface area (Å²) in [5, 5.41) is 12.8. The molecule has 13 nitrogen and oxygen atoms in total. The number of carbonyl (C=O) groups is 3. The molecule has 15 heteroatoms. The zero-order valence-electron chi connectivity index (χ0n) is 26.5. The third kappa shape index (κ3) is 7.10. The van der Waals surface area contributed by atoms with Crippen LogP contribution in [0.2, 0.25) is 0 Å². The highest BCUT2D eigenvalue weighted by atomic mass is 32.1. The van der Waals surface area contributed by atoms with Gasteiger partial charge in [0.25, 0.3) is 5.56 Å². The molecule has 1 aliphatic rings. The second-order valence-corrected chi connectivity index (χ2v) is 13.6. The summed E-state index contributed by atoms with van der Waals surface area (Å²) < 4.78 is 26.8. The van der Waals surface area contributed by atoms with Crippen LogP contribution in [0.1, 0.15) is 62.5 Å². The first kappa shape index (κ1) is 32.5. The molecule has 3 N–H and O–H groups in total. The van der Waals surface area contributed by atoms with Crippen molar-refractivity contribution in [2.45, 2.75) is 64.6 Å². The van der Waals surface area contributed by atoms with Crippen LogP contribution in [0.5, 0.6) is 0 Å². The van der Waals surface area contributed by atoms with Gasteiger partial charge < -0.3 is 19.9 Å². The zero-order chi connectivity index (χ0) is 34.2. The number of anilines is 2. The van der Waals surface area contributed by atoms with E-state index in [-0.39, 0.29) is 47.5 Å². The highest BCUT2D eigenvalue weighted by Gasteiger charge is 2.36. The Morgan fingerprint density at radius 2 is 1.90 bits per heavy atom. The fourth-order valence-electron chi connectivity index (χ4n) is 5.39. The van der Waals surface area contributed by atoms with Crippen LogP contribution in [0.4, 0.5) is 20.7 Å². The summed E-state index contributed by atoms with van der Waals surface area (Å²) >= 11 is 1.43. The number of hydrogen-bond acceptors (Lipinski definition) is 10. The second kappa shape index (κ2) is 13.0. The molecule has 0 bridgehead atoms. The molecule has 0 unspecified atom stereocenters. The zero-order valence-corrected chi connectivity index (χ0v) is 27.3. The van der Waals surface area contributed by atoms with Gasteiger partial charge in [0, 0.05) is 33.1 Å². The molecule has 248 valence electrons. The molecule has 0 fully saturated rings. The minimum atomic E-state index is -0.827. The van der Waals surface area contributed by atoms with Crippen molar-refractivity contribution in [1.29, 1.82) is 0 Å². The standard InChI is InChI=1S/C33H32FN7O6S/c1-17-9-24(30(43)37-15-20-10-18-14-35-27(13-26(18)48-20)39-32(45)46-33(2,3)4)41-29(17)36-16-23(31(41)44)38-28(42)12-19-11-25(47-40-19)21-7-5-6-8-22(21)34/h5-8,10-11,13-14,16-17,24H,9,12,15H2,1-4H3,(H,37,43)(H,38,42)(H,35,39,45)/t17-,24+/m1/s1. The van der Waals surface area contributed by atoms with Crippen molar-refractivity contribution in [3.63, 3.8) is 0 Å². The number of nitrogens with one attached hydrogen (secondary N) is 3. The van der Waals surface area contributed by atoms with E-state index in [0.29, 0.717) is 18.1 Å². The van der Waals surface area contributed by atoms with Crippen molar-refractivity contribution in [3.8, 4) is 11.3 Å². The van der Waals surface area contributed by atoms with Crippen LogP contribution in [-0.4, -0.2) is 43.2 Å². The lowest BCUT2D eigenvalue weighted by Gasteiger charge is -2.19. The Hall–Kier alpha value is -5.44. The van der Waals surface area contributed by atoms with Crippen LogP contribution >= 0.6 is 11.3 Å². The Kier molecular flexibility index (Phi) is 8.79. The van der Waals surface area contributed by atoms with E-state index in [1.165, 1.54) is 40.3 Å². The van der Waals surface area contributed by atoms with E-state index in [1.807, 2.05) is 13.0 Å². The predicted molar refractivity (Wildman–Crippen MR) is 176 cm³/mol. The quantitative estimate of drug-likeness (QED) is 0.191. The minimum absolute atomic E-state index is 0.0822. The summed E-state index contributed by atoms with van der Waals surface area (Å²) in [7, 11) is 0. The molecule has 5 heterocycles. The third-order valence-electron chi connectivity index (χ3n) is 7.49. The largest absolute Gasteiger partial charge is 0.444 e. The van der Waals surface area contributed by atoms with Gasteiger partial charge >= 0.3 is 6.09 Å². The van der Waals surface area contributed by atoms with Gasteiger partial charge in [-0.15, -0.1) is 11.3 Å². The summed E-state index contributed by atoms with van der Waals surface area (Å²) in [6.07, 6.45) is 2.43. The minimum Gasteiger partial charge on any atom is -0.444 e. The Morgan fingerprint density at radius 1 is 1.10 bits per heavy atom. The van der Waals surface area contributed by atoms with Gasteiger partial charge in [0.1, 0.15) is 34.8 Å². The molecule has 48 heavy (non-hydrogen) atoms. The Labute approximate surface area is 277 Å². The van der Waals surface area contributed by atoms with Crippen molar-refractivity contribution >= 4 is 50.8 Å². The van der Waals surface area contributed by atoms with Crippen LogP contribution in [0.3, 0.4) is 0 Å². The lowest BCUT2D eigenvalue weighted by molar-refractivity contribution is -0.124. The molecule has 5 aromatic rings. The molecular weight excluding hydrogens is 641 g/mol. The summed E-state index contributed by atoms with van der Waals surface area (Å²) in [5.74, 6) is -0.616. The van der Waals surface area contributed by atoms with Gasteiger partial charge in [0.2, 0.25) is 11.8 Å². The SMILES string of the molecule is C[C@@H]1C[C@@H](C(=O)NCc2cc3cnc(NC(=O)OC(C)(C)C)cc3s2)n2c1ncc(NC(=O)Cc1cc(-c3ccccc3F)on1)c2=O. The Balaban J connectivity index is 1.10. The first-order valence-electron chi connectivity index (χ1n) is 15.1. The lowest BCUT2D eigenvalue weighted by atomic mass is 10.1. The molecule has 0 aliphatic carbocycles. The lowest BCUT2D eigenvalue weighted by Crippen LogP contribution is -2.36. The van der Waals surface area contributed by atoms with Gasteiger partial charge in [-0.1, -0.05) is 24.2 Å². The number of aromatic nitrogens is 4. The van der Waals surface area contributed by atoms with Crippen molar-refractivity contribution in [1.82, 2.24) is 25.0 Å². The highest BCUT2D eigenvalue weighted by molar-refractivity contribution is 7.19. The molecule has 0 spiro atoms. The number of carbonyl (C=O) groups excluding carboxylic acids is 3. The van der Waals surface area contributed by atoms with E-state index in [9.17, 15) is 23.6 Å². The number of rotatable bonds is 8. The molecule has 6 rings (SSSR count). The maximum atomic E-state index is 14.1. The molecule has 1 aromatic carbocycles. The fraction of sp³-hybridized carbons (Fsp3) is 0.303. The smallest absolute Gasteiger partial charge is 0.413 e. The highest BCUT2D eigenvalue weighted by Crippen LogP contribution is 2.34. The number of benzene rings is 1. The first-order valence-corrected chi connectivity index (χ1v) is 15.9. The number of thiophene rings is 1. The average molecular weight is 674 g/mol. The van der Waals surface area contributed by atoms with Gasteiger partial charge in [-0.25, -0.2) is 19.2 Å². The van der Waals surface area contributed by atoms with Crippen LogP contribution in [0, 0.1) is 5.82 Å². The number of halogens is 1. The Morgan fingerprint density at radius 3 is 2.67 bits per heavy atom. The van der Waals surface area contributed by atoms with Gasteiger partial charge in [-0.3, -0.25) is 24.3 Å². The molecule has 2 atom stereocenters. The number of amides is 3. The number of fused-ring (bicyclic) bond motifs is 2. The fourth-order valence-corrected chi connectivity index (χ4v) is 6.40. The second-order valence-electron chi connectivity index (χ2n) is 12.4. The number of nitrogens with zero attached hydrogens (tertiary/aromatic N) is 4. The molecule has 0 saturated carbocycles. The van der Waals surface area contributed by atoms with E-state index < -0.39 is 35.0 Å². The van der Waals surface area contributed by atoms with E-state index in [0.717, 1.165) is 15.0 Å². The normalized spacial score (nSPS) is 15.6. The molecule has 0 saturated heterocycles. The Bertz CT molecular complexity index is 2100. The summed E-state index contributed by atoms with van der Waals surface area (Å²) in [4.78, 5) is 61.4. The van der Waals surface area contributed by atoms with Crippen LogP contribution in [0.15, 0.2) is 64.2 Å². The first-order chi connectivity index (χ1) is 22.8. The summed E-state index contributed by atoms with van der Waals surface area (Å²) in [6.45, 7) is 7.40. The average Bonchev–Trinajstić information content (AvgIpc) is 3.73. The van der Waals surface area contributed by atoms with Crippen molar-refractivity contribution in [2.24, 2.45) is 0 Å². The number of ether oxygens (including phenoxy) is 1. The van der Waals surface area contributed by atoms with E-state index in [4.69, 9.17) is 9.26 Å². The van der Waals surface area contributed by atoms with Gasteiger partial charge in [0.15, 0.2) is 5.76 Å². The van der Waals surface area contributed by atoms with E-state index in [2.05, 4.69) is 31.1 Å². The maximum Gasteiger partial charge on any atom is 0.413 e. The van der Waals surface area contributed by atoms with Crippen molar-refractivity contribution in [3.05, 3.63) is 87.4 Å². The monoisotopic (exact) mass is 673 g/mol. The van der Waals surface area contributed by atoms with Gasteiger partial charge in [-0.05, 0) is 51.5 Å².